The fraction of sp³-hybridized carbons (Fsp3) is 0.455. The Labute approximate surface area is 105 Å². The maximum absolute atomic E-state index is 11.9. The number of hydrogen-bond acceptors (Lipinski definition) is 5. The van der Waals surface area contributed by atoms with Crippen LogP contribution in [-0.4, -0.2) is 26.9 Å². The van der Waals surface area contributed by atoms with Crippen LogP contribution in [0, 0.1) is 5.92 Å². The van der Waals surface area contributed by atoms with Crippen molar-refractivity contribution in [3.63, 3.8) is 0 Å². The van der Waals surface area contributed by atoms with Crippen molar-refractivity contribution in [1.29, 1.82) is 0 Å². The van der Waals surface area contributed by atoms with Gasteiger partial charge in [0.2, 0.25) is 5.91 Å². The molecule has 0 aromatic carbocycles. The molecule has 0 saturated carbocycles. The highest BCUT2D eigenvalue weighted by atomic mass is 16.4. The van der Waals surface area contributed by atoms with Gasteiger partial charge >= 0.3 is 0 Å². The predicted octanol–water partition coefficient (Wildman–Crippen LogP) is 0.255. The molecular formula is C11H17N5O2. The van der Waals surface area contributed by atoms with Gasteiger partial charge in [0.25, 0.3) is 0 Å². The second-order valence-corrected chi connectivity index (χ2v) is 3.78. The molecular weight excluding hydrogens is 234 g/mol. The zero-order valence-electron chi connectivity index (χ0n) is 10.2. The number of nitrogens with two attached hydrogens (primary N) is 1. The van der Waals surface area contributed by atoms with Crippen molar-refractivity contribution in [1.82, 2.24) is 15.3 Å². The van der Waals surface area contributed by atoms with Gasteiger partial charge in [-0.05, 0) is 12.5 Å². The molecule has 4 N–H and O–H groups in total. The van der Waals surface area contributed by atoms with Gasteiger partial charge < -0.3 is 16.3 Å². The summed E-state index contributed by atoms with van der Waals surface area (Å²) in [5.74, 6) is -0.954. The van der Waals surface area contributed by atoms with Gasteiger partial charge in [-0.25, -0.2) is 9.97 Å². The molecule has 7 nitrogen and oxygen atoms in total. The summed E-state index contributed by atoms with van der Waals surface area (Å²) in [6, 6.07) is 1.71. The molecule has 1 unspecified atom stereocenters. The number of nitrogens with zero attached hydrogens (tertiary/aromatic N) is 3. The lowest BCUT2D eigenvalue weighted by atomic mass is 10.0. The van der Waals surface area contributed by atoms with E-state index in [0.29, 0.717) is 18.7 Å². The Balaban J connectivity index is 2.57. The second kappa shape index (κ2) is 7.21. The maximum Gasteiger partial charge on any atom is 0.231 e. The maximum atomic E-state index is 11.9. The van der Waals surface area contributed by atoms with Gasteiger partial charge in [0.05, 0.1) is 18.2 Å². The lowest BCUT2D eigenvalue weighted by molar-refractivity contribution is -0.123. The van der Waals surface area contributed by atoms with E-state index in [1.165, 1.54) is 6.33 Å². The van der Waals surface area contributed by atoms with Crippen LogP contribution in [0.1, 0.15) is 25.5 Å². The third kappa shape index (κ3) is 4.00. The largest absolute Gasteiger partial charge is 0.409 e. The van der Waals surface area contributed by atoms with Crippen molar-refractivity contribution in [2.45, 2.75) is 26.3 Å². The average Bonchev–Trinajstić information content (AvgIpc) is 2.42. The smallest absolute Gasteiger partial charge is 0.231 e. The van der Waals surface area contributed by atoms with E-state index in [0.717, 1.165) is 6.42 Å². The highest BCUT2D eigenvalue weighted by Crippen LogP contribution is 2.07. The van der Waals surface area contributed by atoms with E-state index in [9.17, 15) is 4.79 Å². The van der Waals surface area contributed by atoms with Gasteiger partial charge in [0.15, 0.2) is 5.84 Å². The molecule has 1 atom stereocenters. The minimum Gasteiger partial charge on any atom is -0.409 e. The Bertz CT molecular complexity index is 407. The first-order valence-corrected chi connectivity index (χ1v) is 5.69. The van der Waals surface area contributed by atoms with E-state index in [1.54, 1.807) is 12.3 Å². The Hall–Kier alpha value is -2.18. The van der Waals surface area contributed by atoms with Crippen molar-refractivity contribution < 1.29 is 10.0 Å². The van der Waals surface area contributed by atoms with Gasteiger partial charge in [-0.15, -0.1) is 0 Å². The van der Waals surface area contributed by atoms with Gasteiger partial charge in [0, 0.05) is 6.20 Å². The number of rotatable bonds is 6. The van der Waals surface area contributed by atoms with E-state index < -0.39 is 5.92 Å². The highest BCUT2D eigenvalue weighted by Gasteiger charge is 2.21. The van der Waals surface area contributed by atoms with Crippen molar-refractivity contribution in [3.05, 3.63) is 24.3 Å². The van der Waals surface area contributed by atoms with Gasteiger partial charge in [-0.2, -0.15) is 0 Å². The first-order valence-electron chi connectivity index (χ1n) is 5.69. The van der Waals surface area contributed by atoms with E-state index in [4.69, 9.17) is 10.9 Å². The molecule has 1 amide bonds. The third-order valence-corrected chi connectivity index (χ3v) is 2.45. The Kier molecular flexibility index (Phi) is 5.56. The fourth-order valence-corrected chi connectivity index (χ4v) is 1.50. The minimum atomic E-state index is -0.609. The summed E-state index contributed by atoms with van der Waals surface area (Å²) in [6.07, 6.45) is 4.31. The standard InChI is InChI=1S/C11H17N5O2/c1-2-3-9(10(12)16-18)11(17)14-6-8-4-5-13-7-15-8/h4-5,7,9,18H,2-3,6H2,1H3,(H2,12,16)(H,14,17). The zero-order chi connectivity index (χ0) is 13.4. The van der Waals surface area contributed by atoms with Crippen molar-refractivity contribution in [2.75, 3.05) is 0 Å². The zero-order valence-corrected chi connectivity index (χ0v) is 10.2. The number of amides is 1. The van der Waals surface area contributed by atoms with Crippen LogP contribution < -0.4 is 11.1 Å². The summed E-state index contributed by atoms with van der Waals surface area (Å²) in [4.78, 5) is 19.6. The molecule has 7 heteroatoms. The molecule has 98 valence electrons. The van der Waals surface area contributed by atoms with Crippen LogP contribution in [0.2, 0.25) is 0 Å². The molecule has 1 rings (SSSR count). The van der Waals surface area contributed by atoms with Crippen molar-refractivity contribution >= 4 is 11.7 Å². The van der Waals surface area contributed by atoms with Crippen LogP contribution in [0.4, 0.5) is 0 Å². The molecule has 1 heterocycles. The molecule has 0 saturated heterocycles. The molecule has 0 spiro atoms. The van der Waals surface area contributed by atoms with E-state index in [2.05, 4.69) is 20.4 Å². The number of nitrogens with one attached hydrogen (secondary N) is 1. The summed E-state index contributed by atoms with van der Waals surface area (Å²) in [5.41, 5.74) is 6.19. The van der Waals surface area contributed by atoms with Crippen LogP contribution in [0.25, 0.3) is 0 Å². The van der Waals surface area contributed by atoms with E-state index in [1.807, 2.05) is 6.92 Å². The van der Waals surface area contributed by atoms with Crippen LogP contribution in [0.15, 0.2) is 23.7 Å². The van der Waals surface area contributed by atoms with Crippen LogP contribution in [0.3, 0.4) is 0 Å². The SMILES string of the molecule is CCCC(C(=O)NCc1ccncn1)/C(N)=N/O. The normalized spacial score (nSPS) is 13.1. The fourth-order valence-electron chi connectivity index (χ4n) is 1.50. The molecule has 18 heavy (non-hydrogen) atoms. The molecule has 0 aliphatic heterocycles. The lowest BCUT2D eigenvalue weighted by Gasteiger charge is -2.14. The number of carbonyl (C=O) groups is 1. The molecule has 1 aromatic heterocycles. The van der Waals surface area contributed by atoms with E-state index >= 15 is 0 Å². The molecule has 0 radical (unpaired) electrons. The van der Waals surface area contributed by atoms with Crippen LogP contribution in [-0.2, 0) is 11.3 Å². The summed E-state index contributed by atoms with van der Waals surface area (Å²) in [7, 11) is 0. The highest BCUT2D eigenvalue weighted by molar-refractivity contribution is 6.01. The summed E-state index contributed by atoms with van der Waals surface area (Å²) >= 11 is 0. The summed E-state index contributed by atoms with van der Waals surface area (Å²) in [5, 5.41) is 14.2. The summed E-state index contributed by atoms with van der Waals surface area (Å²) < 4.78 is 0. The number of carbonyl (C=O) groups excluding carboxylic acids is 1. The molecule has 0 fully saturated rings. The van der Waals surface area contributed by atoms with E-state index in [-0.39, 0.29) is 11.7 Å². The number of oxime groups is 1. The third-order valence-electron chi connectivity index (χ3n) is 2.45. The van der Waals surface area contributed by atoms with Crippen LogP contribution in [0.5, 0.6) is 0 Å². The minimum absolute atomic E-state index is 0.0722. The monoisotopic (exact) mass is 251 g/mol. The topological polar surface area (TPSA) is 113 Å². The molecule has 0 aliphatic carbocycles. The summed E-state index contributed by atoms with van der Waals surface area (Å²) in [6.45, 7) is 2.22. The number of amidine groups is 1. The lowest BCUT2D eigenvalue weighted by Crippen LogP contribution is -2.38. The average molecular weight is 251 g/mol. The Morgan fingerprint density at radius 3 is 3.00 bits per heavy atom. The van der Waals surface area contributed by atoms with Gasteiger partial charge in [-0.3, -0.25) is 4.79 Å². The Morgan fingerprint density at radius 2 is 2.44 bits per heavy atom. The first-order chi connectivity index (χ1) is 8.69. The predicted molar refractivity (Wildman–Crippen MR) is 65.7 cm³/mol. The molecule has 1 aromatic rings. The molecule has 0 aliphatic rings. The Morgan fingerprint density at radius 1 is 1.67 bits per heavy atom. The molecule has 0 bridgehead atoms. The quantitative estimate of drug-likeness (QED) is 0.290. The number of aromatic nitrogens is 2. The number of hydrogen-bond donors (Lipinski definition) is 3. The van der Waals surface area contributed by atoms with Gasteiger partial charge in [0.1, 0.15) is 6.33 Å². The first kappa shape index (κ1) is 13.9. The van der Waals surface area contributed by atoms with Gasteiger partial charge in [-0.1, -0.05) is 18.5 Å². The second-order valence-electron chi connectivity index (χ2n) is 3.78. The van der Waals surface area contributed by atoms with Crippen molar-refractivity contribution in [2.24, 2.45) is 16.8 Å². The van der Waals surface area contributed by atoms with Crippen molar-refractivity contribution in [3.8, 4) is 0 Å². The van der Waals surface area contributed by atoms with Crippen LogP contribution >= 0.6 is 0 Å².